The van der Waals surface area contributed by atoms with Crippen molar-refractivity contribution in [2.45, 2.75) is 19.4 Å². The largest absolute Gasteiger partial charge is 0.409 e. The van der Waals surface area contributed by atoms with Gasteiger partial charge >= 0.3 is 0 Å². The second-order valence-electron chi connectivity index (χ2n) is 3.00. The van der Waals surface area contributed by atoms with Gasteiger partial charge in [-0.1, -0.05) is 5.16 Å². The molecule has 6 nitrogen and oxygen atoms in total. The highest BCUT2D eigenvalue weighted by molar-refractivity contribution is 5.83. The number of ether oxygens (including phenoxy) is 3. The zero-order valence-corrected chi connectivity index (χ0v) is 9.31. The Morgan fingerprint density at radius 1 is 1.33 bits per heavy atom. The maximum absolute atomic E-state index is 8.34. The van der Waals surface area contributed by atoms with Crippen molar-refractivity contribution in [3.63, 3.8) is 0 Å². The van der Waals surface area contributed by atoms with Crippen LogP contribution < -0.4 is 5.73 Å². The van der Waals surface area contributed by atoms with Gasteiger partial charge in [0, 0.05) is 20.3 Å². The summed E-state index contributed by atoms with van der Waals surface area (Å²) in [5.41, 5.74) is 5.31. The lowest BCUT2D eigenvalue weighted by Gasteiger charge is -2.11. The predicted octanol–water partition coefficient (Wildman–Crippen LogP) is 0.191. The summed E-state index contributed by atoms with van der Waals surface area (Å²) in [4.78, 5) is 0. The quantitative estimate of drug-likeness (QED) is 0.190. The minimum Gasteiger partial charge on any atom is -0.409 e. The van der Waals surface area contributed by atoms with Crippen LogP contribution in [0.15, 0.2) is 5.16 Å². The van der Waals surface area contributed by atoms with Crippen LogP contribution in [-0.2, 0) is 14.2 Å². The molecule has 6 heteroatoms. The molecule has 0 amide bonds. The highest BCUT2D eigenvalue weighted by Crippen LogP contribution is 1.91. The Bertz CT molecular complexity index is 175. The van der Waals surface area contributed by atoms with Crippen molar-refractivity contribution in [3.8, 4) is 0 Å². The summed E-state index contributed by atoms with van der Waals surface area (Å²) >= 11 is 0. The van der Waals surface area contributed by atoms with E-state index in [1.807, 2.05) is 0 Å². The van der Waals surface area contributed by atoms with E-state index in [1.165, 1.54) is 0 Å². The molecule has 0 aliphatic rings. The molecule has 3 N–H and O–H groups in total. The molecule has 15 heavy (non-hydrogen) atoms. The monoisotopic (exact) mass is 220 g/mol. The first kappa shape index (κ1) is 14.2. The van der Waals surface area contributed by atoms with Crippen molar-refractivity contribution >= 4 is 5.84 Å². The molecule has 0 fully saturated rings. The second-order valence-corrected chi connectivity index (χ2v) is 3.00. The standard InChI is InChI=1S/C9H20N2O4/c1-8(9(10)11-12)15-7-6-14-5-3-4-13-2/h8,12H,3-7H2,1-2H3,(H2,10,11). The fraction of sp³-hybridized carbons (Fsp3) is 0.889. The third kappa shape index (κ3) is 8.17. The van der Waals surface area contributed by atoms with Crippen LogP contribution in [0, 0.1) is 0 Å². The lowest BCUT2D eigenvalue weighted by molar-refractivity contribution is 0.0283. The van der Waals surface area contributed by atoms with Gasteiger partial charge in [-0.3, -0.25) is 0 Å². The van der Waals surface area contributed by atoms with Crippen molar-refractivity contribution in [1.82, 2.24) is 0 Å². The Balaban J connectivity index is 3.24. The molecule has 0 bridgehead atoms. The molecule has 0 heterocycles. The molecule has 0 radical (unpaired) electrons. The van der Waals surface area contributed by atoms with E-state index in [0.29, 0.717) is 26.4 Å². The number of rotatable bonds is 9. The van der Waals surface area contributed by atoms with Crippen LogP contribution in [0.2, 0.25) is 0 Å². The zero-order valence-electron chi connectivity index (χ0n) is 9.31. The fourth-order valence-corrected chi connectivity index (χ4v) is 0.858. The summed E-state index contributed by atoms with van der Waals surface area (Å²) in [5.74, 6) is 0.0642. The molecule has 0 rings (SSSR count). The number of hydrogen-bond acceptors (Lipinski definition) is 5. The molecule has 0 aliphatic heterocycles. The van der Waals surface area contributed by atoms with Crippen LogP contribution in [0.3, 0.4) is 0 Å². The smallest absolute Gasteiger partial charge is 0.168 e. The first-order valence-electron chi connectivity index (χ1n) is 4.88. The summed E-state index contributed by atoms with van der Waals surface area (Å²) in [5, 5.41) is 11.2. The molecule has 0 spiro atoms. The van der Waals surface area contributed by atoms with Crippen molar-refractivity contribution in [1.29, 1.82) is 0 Å². The SMILES string of the molecule is COCCCOCCOC(C)C(N)=NO. The van der Waals surface area contributed by atoms with Gasteiger partial charge in [-0.05, 0) is 13.3 Å². The number of hydrogen-bond donors (Lipinski definition) is 2. The van der Waals surface area contributed by atoms with Crippen LogP contribution in [0.5, 0.6) is 0 Å². The molecule has 1 unspecified atom stereocenters. The molecule has 0 aromatic heterocycles. The summed E-state index contributed by atoms with van der Waals surface area (Å²) in [6.45, 7) is 3.97. The fourth-order valence-electron chi connectivity index (χ4n) is 0.858. The molecule has 0 saturated heterocycles. The van der Waals surface area contributed by atoms with E-state index in [0.717, 1.165) is 6.42 Å². The third-order valence-electron chi connectivity index (χ3n) is 1.76. The van der Waals surface area contributed by atoms with Gasteiger partial charge < -0.3 is 25.2 Å². The lowest BCUT2D eigenvalue weighted by Crippen LogP contribution is -2.29. The third-order valence-corrected chi connectivity index (χ3v) is 1.76. The Labute approximate surface area is 90.0 Å². The number of nitrogens with zero attached hydrogens (tertiary/aromatic N) is 1. The van der Waals surface area contributed by atoms with Gasteiger partial charge in [0.15, 0.2) is 5.84 Å². The highest BCUT2D eigenvalue weighted by Gasteiger charge is 2.06. The zero-order chi connectivity index (χ0) is 11.5. The summed E-state index contributed by atoms with van der Waals surface area (Å²) in [7, 11) is 1.65. The van der Waals surface area contributed by atoms with Crippen LogP contribution >= 0.6 is 0 Å². The molecule has 0 aliphatic carbocycles. The van der Waals surface area contributed by atoms with Crippen molar-refractivity contribution in [3.05, 3.63) is 0 Å². The molecule has 0 aromatic carbocycles. The van der Waals surface area contributed by atoms with Gasteiger partial charge in [0.1, 0.15) is 6.10 Å². The number of methoxy groups -OCH3 is 1. The molecule has 1 atom stereocenters. The maximum Gasteiger partial charge on any atom is 0.168 e. The van der Waals surface area contributed by atoms with Gasteiger partial charge in [-0.15, -0.1) is 0 Å². The van der Waals surface area contributed by atoms with Crippen molar-refractivity contribution in [2.75, 3.05) is 33.5 Å². The Morgan fingerprint density at radius 2 is 2.07 bits per heavy atom. The number of amidine groups is 1. The molecule has 0 aromatic rings. The molecule has 90 valence electrons. The predicted molar refractivity (Wildman–Crippen MR) is 56.1 cm³/mol. The minimum absolute atomic E-state index is 0.0642. The normalized spacial score (nSPS) is 14.1. The summed E-state index contributed by atoms with van der Waals surface area (Å²) in [6, 6.07) is 0. The average molecular weight is 220 g/mol. The number of nitrogens with two attached hydrogens (primary N) is 1. The van der Waals surface area contributed by atoms with E-state index in [1.54, 1.807) is 14.0 Å². The number of oxime groups is 1. The Hall–Kier alpha value is -0.850. The summed E-state index contributed by atoms with van der Waals surface area (Å²) in [6.07, 6.45) is 0.476. The highest BCUT2D eigenvalue weighted by atomic mass is 16.5. The first-order valence-corrected chi connectivity index (χ1v) is 4.88. The van der Waals surface area contributed by atoms with E-state index in [4.69, 9.17) is 25.2 Å². The van der Waals surface area contributed by atoms with E-state index in [2.05, 4.69) is 5.16 Å². The van der Waals surface area contributed by atoms with E-state index in [9.17, 15) is 0 Å². The van der Waals surface area contributed by atoms with Gasteiger partial charge in [0.2, 0.25) is 0 Å². The summed E-state index contributed by atoms with van der Waals surface area (Å²) < 4.78 is 15.3. The first-order chi connectivity index (χ1) is 7.22. The van der Waals surface area contributed by atoms with Crippen molar-refractivity contribution < 1.29 is 19.4 Å². The molecule has 0 saturated carbocycles. The maximum atomic E-state index is 8.34. The second kappa shape index (κ2) is 9.70. The van der Waals surface area contributed by atoms with Crippen LogP contribution in [-0.4, -0.2) is 50.7 Å². The van der Waals surface area contributed by atoms with Crippen LogP contribution in [0.25, 0.3) is 0 Å². The molecular formula is C9H20N2O4. The Morgan fingerprint density at radius 3 is 2.67 bits per heavy atom. The average Bonchev–Trinajstić information content (AvgIpc) is 2.26. The lowest BCUT2D eigenvalue weighted by atomic mass is 10.4. The van der Waals surface area contributed by atoms with Gasteiger partial charge in [0.05, 0.1) is 13.2 Å². The minimum atomic E-state index is -0.391. The van der Waals surface area contributed by atoms with Gasteiger partial charge in [0.25, 0.3) is 0 Å². The van der Waals surface area contributed by atoms with Gasteiger partial charge in [-0.2, -0.15) is 0 Å². The van der Waals surface area contributed by atoms with Crippen molar-refractivity contribution in [2.24, 2.45) is 10.9 Å². The Kier molecular flexibility index (Phi) is 9.15. The van der Waals surface area contributed by atoms with E-state index in [-0.39, 0.29) is 5.84 Å². The topological polar surface area (TPSA) is 86.3 Å². The van der Waals surface area contributed by atoms with Gasteiger partial charge in [-0.25, -0.2) is 0 Å². The molecular weight excluding hydrogens is 200 g/mol. The van der Waals surface area contributed by atoms with Crippen LogP contribution in [0.1, 0.15) is 13.3 Å². The van der Waals surface area contributed by atoms with E-state index < -0.39 is 6.10 Å². The van der Waals surface area contributed by atoms with E-state index >= 15 is 0 Å². The van der Waals surface area contributed by atoms with Crippen LogP contribution in [0.4, 0.5) is 0 Å².